The molecule has 2 aromatic carbocycles. The minimum atomic E-state index is -0.0693. The molecular formula is C21H21N3O2. The summed E-state index contributed by atoms with van der Waals surface area (Å²) >= 11 is 0. The SMILES string of the molecule is Cc1cccc(C(=O)NC2CCN(C(=O)c3cccc(C#N)c3)CC2)c1. The molecule has 0 aromatic heterocycles. The molecule has 0 radical (unpaired) electrons. The number of amides is 2. The van der Waals surface area contributed by atoms with Crippen molar-refractivity contribution in [2.45, 2.75) is 25.8 Å². The highest BCUT2D eigenvalue weighted by Crippen LogP contribution is 2.16. The average molecular weight is 347 g/mol. The number of carbonyl (C=O) groups is 2. The Hall–Kier alpha value is -3.13. The van der Waals surface area contributed by atoms with E-state index in [2.05, 4.69) is 11.4 Å². The Kier molecular flexibility index (Phi) is 5.33. The van der Waals surface area contributed by atoms with E-state index in [-0.39, 0.29) is 17.9 Å². The summed E-state index contributed by atoms with van der Waals surface area (Å²) in [6.45, 7) is 3.14. The van der Waals surface area contributed by atoms with Gasteiger partial charge in [-0.3, -0.25) is 9.59 Å². The molecule has 0 saturated carbocycles. The standard InChI is InChI=1S/C21H21N3O2/c1-15-4-2-6-17(12-15)20(25)23-19-8-10-24(11-9-19)21(26)18-7-3-5-16(13-18)14-22/h2-7,12-13,19H,8-11H2,1H3,(H,23,25). The summed E-state index contributed by atoms with van der Waals surface area (Å²) in [6.07, 6.45) is 1.45. The topological polar surface area (TPSA) is 73.2 Å². The molecule has 1 aliphatic rings. The lowest BCUT2D eigenvalue weighted by Crippen LogP contribution is -2.46. The average Bonchev–Trinajstić information content (AvgIpc) is 2.68. The summed E-state index contributed by atoms with van der Waals surface area (Å²) in [5, 5.41) is 12.0. The molecule has 0 aliphatic carbocycles. The molecular weight excluding hydrogens is 326 g/mol. The van der Waals surface area contributed by atoms with E-state index < -0.39 is 0 Å². The van der Waals surface area contributed by atoms with E-state index in [9.17, 15) is 9.59 Å². The number of hydrogen-bond donors (Lipinski definition) is 1. The van der Waals surface area contributed by atoms with Gasteiger partial charge >= 0.3 is 0 Å². The third-order valence-electron chi connectivity index (χ3n) is 4.64. The fourth-order valence-electron chi connectivity index (χ4n) is 3.19. The quantitative estimate of drug-likeness (QED) is 0.928. The fourth-order valence-corrected chi connectivity index (χ4v) is 3.19. The van der Waals surface area contributed by atoms with E-state index in [1.165, 1.54) is 0 Å². The molecule has 2 aromatic rings. The van der Waals surface area contributed by atoms with Crippen LogP contribution < -0.4 is 5.32 Å². The number of hydrogen-bond acceptors (Lipinski definition) is 3. The van der Waals surface area contributed by atoms with Crippen LogP contribution in [0.25, 0.3) is 0 Å². The smallest absolute Gasteiger partial charge is 0.253 e. The molecule has 3 rings (SSSR count). The Morgan fingerprint density at radius 2 is 1.77 bits per heavy atom. The highest BCUT2D eigenvalue weighted by Gasteiger charge is 2.25. The Morgan fingerprint density at radius 3 is 2.46 bits per heavy atom. The Morgan fingerprint density at radius 1 is 1.08 bits per heavy atom. The van der Waals surface area contributed by atoms with Crippen LogP contribution in [0.5, 0.6) is 0 Å². The summed E-state index contributed by atoms with van der Waals surface area (Å²) in [5.74, 6) is -0.134. The third kappa shape index (κ3) is 4.09. The zero-order valence-corrected chi connectivity index (χ0v) is 14.7. The molecule has 1 heterocycles. The van der Waals surface area contributed by atoms with Gasteiger partial charge in [0.2, 0.25) is 0 Å². The van der Waals surface area contributed by atoms with Crippen molar-refractivity contribution in [1.82, 2.24) is 10.2 Å². The molecule has 5 heteroatoms. The number of carbonyl (C=O) groups excluding carboxylic acids is 2. The van der Waals surface area contributed by atoms with Gasteiger partial charge in [0.25, 0.3) is 11.8 Å². The Balaban J connectivity index is 1.56. The van der Waals surface area contributed by atoms with E-state index in [1.54, 1.807) is 29.2 Å². The van der Waals surface area contributed by atoms with Crippen LogP contribution in [0.1, 0.15) is 44.7 Å². The van der Waals surface area contributed by atoms with Crippen LogP contribution in [0.4, 0.5) is 0 Å². The van der Waals surface area contributed by atoms with Crippen molar-refractivity contribution in [3.63, 3.8) is 0 Å². The second-order valence-electron chi connectivity index (χ2n) is 6.60. The van der Waals surface area contributed by atoms with E-state index in [4.69, 9.17) is 5.26 Å². The summed E-state index contributed by atoms with van der Waals surface area (Å²) in [6, 6.07) is 16.4. The largest absolute Gasteiger partial charge is 0.349 e. The van der Waals surface area contributed by atoms with Gasteiger partial charge in [-0.2, -0.15) is 5.26 Å². The normalized spacial score (nSPS) is 14.5. The van der Waals surface area contributed by atoms with Crippen molar-refractivity contribution in [1.29, 1.82) is 5.26 Å². The molecule has 1 fully saturated rings. The van der Waals surface area contributed by atoms with Crippen LogP contribution in [0.2, 0.25) is 0 Å². The van der Waals surface area contributed by atoms with Gasteiger partial charge in [-0.1, -0.05) is 23.8 Å². The van der Waals surface area contributed by atoms with Crippen LogP contribution in [-0.2, 0) is 0 Å². The number of aryl methyl sites for hydroxylation is 1. The van der Waals surface area contributed by atoms with Gasteiger partial charge in [-0.25, -0.2) is 0 Å². The number of nitriles is 1. The van der Waals surface area contributed by atoms with Gasteiger partial charge < -0.3 is 10.2 Å². The maximum Gasteiger partial charge on any atom is 0.253 e. The summed E-state index contributed by atoms with van der Waals surface area (Å²) in [5.41, 5.74) is 2.73. The summed E-state index contributed by atoms with van der Waals surface area (Å²) in [7, 11) is 0. The summed E-state index contributed by atoms with van der Waals surface area (Å²) in [4.78, 5) is 26.7. The van der Waals surface area contributed by atoms with E-state index in [0.717, 1.165) is 18.4 Å². The van der Waals surface area contributed by atoms with E-state index in [0.29, 0.717) is 29.8 Å². The molecule has 1 N–H and O–H groups in total. The van der Waals surface area contributed by atoms with Crippen molar-refractivity contribution in [2.75, 3.05) is 13.1 Å². The zero-order chi connectivity index (χ0) is 18.5. The molecule has 0 bridgehead atoms. The lowest BCUT2D eigenvalue weighted by atomic mass is 10.0. The predicted octanol–water partition coefficient (Wildman–Crippen LogP) is 2.90. The van der Waals surface area contributed by atoms with Crippen molar-refractivity contribution < 1.29 is 9.59 Å². The number of rotatable bonds is 3. The molecule has 132 valence electrons. The van der Waals surface area contributed by atoms with Crippen LogP contribution >= 0.6 is 0 Å². The second kappa shape index (κ2) is 7.83. The lowest BCUT2D eigenvalue weighted by Gasteiger charge is -2.32. The molecule has 1 saturated heterocycles. The third-order valence-corrected chi connectivity index (χ3v) is 4.64. The molecule has 5 nitrogen and oxygen atoms in total. The van der Waals surface area contributed by atoms with E-state index >= 15 is 0 Å². The molecule has 1 aliphatic heterocycles. The Bertz CT molecular complexity index is 862. The fraction of sp³-hybridized carbons (Fsp3) is 0.286. The second-order valence-corrected chi connectivity index (χ2v) is 6.60. The van der Waals surface area contributed by atoms with Gasteiger partial charge in [0.05, 0.1) is 11.6 Å². The van der Waals surface area contributed by atoms with Crippen molar-refractivity contribution in [3.8, 4) is 6.07 Å². The molecule has 0 atom stereocenters. The lowest BCUT2D eigenvalue weighted by molar-refractivity contribution is 0.0698. The minimum Gasteiger partial charge on any atom is -0.349 e. The van der Waals surface area contributed by atoms with E-state index in [1.807, 2.05) is 31.2 Å². The van der Waals surface area contributed by atoms with Crippen molar-refractivity contribution in [2.24, 2.45) is 0 Å². The monoisotopic (exact) mass is 347 g/mol. The molecule has 0 unspecified atom stereocenters. The predicted molar refractivity (Wildman–Crippen MR) is 98.7 cm³/mol. The highest BCUT2D eigenvalue weighted by atomic mass is 16.2. The first kappa shape index (κ1) is 17.7. The number of piperidine rings is 1. The zero-order valence-electron chi connectivity index (χ0n) is 14.7. The van der Waals surface area contributed by atoms with Crippen LogP contribution in [0, 0.1) is 18.3 Å². The molecule has 2 amide bonds. The number of nitrogens with one attached hydrogen (secondary N) is 1. The van der Waals surface area contributed by atoms with Crippen molar-refractivity contribution >= 4 is 11.8 Å². The van der Waals surface area contributed by atoms with Crippen molar-refractivity contribution in [3.05, 3.63) is 70.8 Å². The van der Waals surface area contributed by atoms with Crippen LogP contribution in [0.15, 0.2) is 48.5 Å². The van der Waals surface area contributed by atoms with Gasteiger partial charge in [0.1, 0.15) is 0 Å². The summed E-state index contributed by atoms with van der Waals surface area (Å²) < 4.78 is 0. The minimum absolute atomic E-state index is 0.0643. The van der Waals surface area contributed by atoms with Crippen LogP contribution in [-0.4, -0.2) is 35.8 Å². The number of likely N-dealkylation sites (tertiary alicyclic amines) is 1. The Labute approximate surface area is 153 Å². The number of nitrogens with zero attached hydrogens (tertiary/aromatic N) is 2. The van der Waals surface area contributed by atoms with Crippen LogP contribution in [0.3, 0.4) is 0 Å². The van der Waals surface area contributed by atoms with Gasteiger partial charge in [-0.05, 0) is 50.1 Å². The first-order valence-electron chi connectivity index (χ1n) is 8.74. The first-order valence-corrected chi connectivity index (χ1v) is 8.74. The first-order chi connectivity index (χ1) is 12.6. The van der Waals surface area contributed by atoms with Gasteiger partial charge in [-0.15, -0.1) is 0 Å². The molecule has 0 spiro atoms. The van der Waals surface area contributed by atoms with Gasteiger partial charge in [0.15, 0.2) is 0 Å². The number of benzene rings is 2. The van der Waals surface area contributed by atoms with Gasteiger partial charge in [0, 0.05) is 30.3 Å². The molecule has 26 heavy (non-hydrogen) atoms. The maximum absolute atomic E-state index is 12.6. The maximum atomic E-state index is 12.6. The highest BCUT2D eigenvalue weighted by molar-refractivity contribution is 5.95.